The molecule has 0 saturated heterocycles. The minimum atomic E-state index is -0.250. The average molecular weight is 1240 g/mol. The van der Waals surface area contributed by atoms with Crippen LogP contribution in [0.15, 0.2) is 12.8 Å². The topological polar surface area (TPSA) is 160 Å². The zero-order valence-corrected chi connectivity index (χ0v) is 61.3. The molecule has 0 rings (SSSR count). The standard InChI is InChI=1S/C26H48O5.C22H44O2.C13H26O.C5H10O.C5H12.C4H10.CH2O2/c1-7-11-12-13-14-15-16-25(27)30-19-22(8-2)17-26(28)31-24(9-3)18-23(21(5)6)20-29-10-4;1-4-7-9-11-13-14-16-18-21(6-3)20-24-22(23)19-17-15-12-10-8-5-2;1-4-6-7-8-9-10-11-13(14)12(3)5-2;1-4(2)5(3)6;1-3-5-4-2;1-3-4-2;2-1-3/h10,21-24H,4,7-9,11-20H2,1-3,5-6H3;21H,4-20H2,1-3H3;12H,4-11H2,1-3H3;4H,1-3H3;3-5H2,1-2H3;3-4H2,1-2H3;1H,(H,2,3). The molecule has 5 atom stereocenters. The summed E-state index contributed by atoms with van der Waals surface area (Å²) in [6.45, 7) is 42.6. The fourth-order valence-electron chi connectivity index (χ4n) is 8.52. The lowest BCUT2D eigenvalue weighted by Crippen LogP contribution is -2.27. The number of hydrogen-bond donors (Lipinski definition) is 1. The van der Waals surface area contributed by atoms with E-state index >= 15 is 0 Å². The van der Waals surface area contributed by atoms with Crippen molar-refractivity contribution in [2.75, 3.05) is 19.8 Å². The van der Waals surface area contributed by atoms with Crippen molar-refractivity contribution >= 4 is 35.9 Å². The first kappa shape index (κ1) is 97.4. The van der Waals surface area contributed by atoms with Gasteiger partial charge in [0, 0.05) is 37.0 Å². The SMILES string of the molecule is C=COCC(CC(CC)OC(=O)CC(CC)COC(=O)CCCCCCCC)C(C)C.CC(=O)C(C)C.CCCC.CCCCC.CCCCCCCCC(=O)C(C)CC.CCCCCCCCCC(CC)COC(=O)CCCCCCCC.O=CO. The van der Waals surface area contributed by atoms with Crippen LogP contribution >= 0.6 is 0 Å². The Morgan fingerprint density at radius 3 is 1.10 bits per heavy atom. The van der Waals surface area contributed by atoms with E-state index in [0.29, 0.717) is 56.2 Å². The van der Waals surface area contributed by atoms with Gasteiger partial charge < -0.3 is 24.1 Å². The maximum atomic E-state index is 12.5. The molecule has 87 heavy (non-hydrogen) atoms. The van der Waals surface area contributed by atoms with Crippen molar-refractivity contribution in [2.24, 2.45) is 35.5 Å². The maximum absolute atomic E-state index is 12.5. The number of hydrogen-bond acceptors (Lipinski definition) is 10. The predicted molar refractivity (Wildman–Crippen MR) is 374 cm³/mol. The molecule has 0 aliphatic carbocycles. The molecule has 0 aliphatic rings. The molecule has 0 aromatic carbocycles. The van der Waals surface area contributed by atoms with Crippen LogP contribution in [0.5, 0.6) is 0 Å². The summed E-state index contributed by atoms with van der Waals surface area (Å²) in [5, 5.41) is 6.89. The van der Waals surface area contributed by atoms with Gasteiger partial charge in [-0.15, -0.1) is 0 Å². The second-order valence-electron chi connectivity index (χ2n) is 24.8. The number of carbonyl (C=O) groups is 6. The Hall–Kier alpha value is -3.24. The van der Waals surface area contributed by atoms with Gasteiger partial charge in [0.2, 0.25) is 0 Å². The van der Waals surface area contributed by atoms with Gasteiger partial charge in [0.1, 0.15) is 17.7 Å². The van der Waals surface area contributed by atoms with Crippen LogP contribution in [0.1, 0.15) is 381 Å². The van der Waals surface area contributed by atoms with Gasteiger partial charge in [-0.3, -0.25) is 28.8 Å². The number of unbranched alkanes of at least 4 members (excludes halogenated alkanes) is 24. The van der Waals surface area contributed by atoms with E-state index in [9.17, 15) is 24.0 Å². The monoisotopic (exact) mass is 1240 g/mol. The van der Waals surface area contributed by atoms with Crippen LogP contribution < -0.4 is 0 Å². The lowest BCUT2D eigenvalue weighted by Gasteiger charge is -2.26. The largest absolute Gasteiger partial charge is 0.502 e. The van der Waals surface area contributed by atoms with Crippen molar-refractivity contribution in [1.29, 1.82) is 0 Å². The minimum Gasteiger partial charge on any atom is -0.502 e. The van der Waals surface area contributed by atoms with Crippen LogP contribution in [0.25, 0.3) is 0 Å². The molecule has 0 aromatic rings. The van der Waals surface area contributed by atoms with Crippen LogP contribution in [-0.4, -0.2) is 67.0 Å². The fourth-order valence-corrected chi connectivity index (χ4v) is 8.52. The molecule has 11 heteroatoms. The molecular weight excluding hydrogens is 1090 g/mol. The zero-order valence-electron chi connectivity index (χ0n) is 61.3. The van der Waals surface area contributed by atoms with Crippen molar-refractivity contribution < 1.29 is 52.8 Å². The van der Waals surface area contributed by atoms with Gasteiger partial charge in [0.15, 0.2) is 0 Å². The summed E-state index contributed by atoms with van der Waals surface area (Å²) < 4.78 is 22.0. The summed E-state index contributed by atoms with van der Waals surface area (Å²) in [6.07, 6.45) is 47.2. The van der Waals surface area contributed by atoms with Gasteiger partial charge in [-0.2, -0.15) is 0 Å². The lowest BCUT2D eigenvalue weighted by molar-refractivity contribution is -0.154. The van der Waals surface area contributed by atoms with E-state index in [2.05, 4.69) is 89.7 Å². The molecule has 0 amide bonds. The summed E-state index contributed by atoms with van der Waals surface area (Å²) in [6, 6.07) is 0. The second kappa shape index (κ2) is 82.8. The van der Waals surface area contributed by atoms with Crippen molar-refractivity contribution in [1.82, 2.24) is 0 Å². The Morgan fingerprint density at radius 2 is 0.793 bits per heavy atom. The number of esters is 3. The van der Waals surface area contributed by atoms with E-state index in [4.69, 9.17) is 28.8 Å². The number of rotatable bonds is 51. The van der Waals surface area contributed by atoms with E-state index in [0.717, 1.165) is 64.2 Å². The Morgan fingerprint density at radius 1 is 0.437 bits per heavy atom. The third kappa shape index (κ3) is 87.0. The normalized spacial score (nSPS) is 12.0. The van der Waals surface area contributed by atoms with Crippen LogP contribution in [0.4, 0.5) is 0 Å². The quantitative estimate of drug-likeness (QED) is 0.0203. The molecule has 0 radical (unpaired) electrons. The number of Topliss-reactive ketones (excluding diaryl/α,β-unsaturated/α-hetero) is 2. The molecule has 5 unspecified atom stereocenters. The second-order valence-corrected chi connectivity index (χ2v) is 24.8. The van der Waals surface area contributed by atoms with E-state index in [1.165, 1.54) is 180 Å². The third-order valence-corrected chi connectivity index (χ3v) is 15.9. The highest BCUT2D eigenvalue weighted by molar-refractivity contribution is 5.80. The van der Waals surface area contributed by atoms with Gasteiger partial charge >= 0.3 is 17.9 Å². The van der Waals surface area contributed by atoms with Gasteiger partial charge in [-0.05, 0) is 76.0 Å². The number of carbonyl (C=O) groups excluding carboxylic acids is 5. The van der Waals surface area contributed by atoms with E-state index in [1.54, 1.807) is 6.92 Å². The first-order chi connectivity index (χ1) is 41.7. The van der Waals surface area contributed by atoms with Crippen molar-refractivity contribution in [3.05, 3.63) is 12.8 Å². The zero-order chi connectivity index (χ0) is 67.6. The third-order valence-electron chi connectivity index (χ3n) is 15.9. The Balaban J connectivity index is -0.000000200. The average Bonchev–Trinajstić information content (AvgIpc) is 3.60. The molecule has 0 fully saturated rings. The van der Waals surface area contributed by atoms with Gasteiger partial charge in [0.25, 0.3) is 6.47 Å². The number of carboxylic acid groups (broad SMARTS) is 1. The van der Waals surface area contributed by atoms with Crippen molar-refractivity contribution in [2.45, 2.75) is 388 Å². The lowest BCUT2D eigenvalue weighted by atomic mass is 9.90. The summed E-state index contributed by atoms with van der Waals surface area (Å²) in [4.78, 5) is 66.2. The molecule has 0 spiro atoms. The first-order valence-corrected chi connectivity index (χ1v) is 36.6. The van der Waals surface area contributed by atoms with E-state index < -0.39 is 0 Å². The molecule has 522 valence electrons. The number of ketones is 2. The summed E-state index contributed by atoms with van der Waals surface area (Å²) in [7, 11) is 0. The van der Waals surface area contributed by atoms with Gasteiger partial charge in [-0.1, -0.05) is 304 Å². The predicted octanol–water partition coefficient (Wildman–Crippen LogP) is 23.6. The van der Waals surface area contributed by atoms with Crippen LogP contribution in [0.2, 0.25) is 0 Å². The van der Waals surface area contributed by atoms with E-state index in [-0.39, 0.29) is 60.4 Å². The summed E-state index contributed by atoms with van der Waals surface area (Å²) >= 11 is 0. The highest BCUT2D eigenvalue weighted by Crippen LogP contribution is 2.23. The highest BCUT2D eigenvalue weighted by atomic mass is 16.5. The van der Waals surface area contributed by atoms with Gasteiger partial charge in [-0.25, -0.2) is 0 Å². The number of ether oxygens (including phenoxy) is 4. The first-order valence-electron chi connectivity index (χ1n) is 36.6. The minimum absolute atomic E-state index is 0.00325. The fraction of sp³-hybridized carbons (Fsp3) is 0.895. The van der Waals surface area contributed by atoms with Crippen LogP contribution in [-0.2, 0) is 47.7 Å². The van der Waals surface area contributed by atoms with Crippen LogP contribution in [0, 0.1) is 35.5 Å². The Kier molecular flexibility index (Phi) is 92.6. The molecule has 0 heterocycles. The van der Waals surface area contributed by atoms with Crippen molar-refractivity contribution in [3.63, 3.8) is 0 Å². The van der Waals surface area contributed by atoms with Crippen molar-refractivity contribution in [3.8, 4) is 0 Å². The maximum Gasteiger partial charge on any atom is 0.306 e. The Labute approximate surface area is 542 Å². The summed E-state index contributed by atoms with van der Waals surface area (Å²) in [5.41, 5.74) is 0. The highest BCUT2D eigenvalue weighted by Gasteiger charge is 2.24. The molecule has 1 N–H and O–H groups in total. The van der Waals surface area contributed by atoms with E-state index in [1.807, 2.05) is 34.6 Å². The molecule has 0 aliphatic heterocycles. The molecule has 0 aromatic heterocycles. The van der Waals surface area contributed by atoms with Crippen LogP contribution in [0.3, 0.4) is 0 Å². The smallest absolute Gasteiger partial charge is 0.306 e. The Bertz CT molecular complexity index is 1410. The summed E-state index contributed by atoms with van der Waals surface area (Å²) in [5.74, 6) is 2.17. The molecule has 0 bridgehead atoms. The molecule has 0 saturated carbocycles. The molecule has 11 nitrogen and oxygen atoms in total. The molecular formula is C76H152O11. The van der Waals surface area contributed by atoms with Gasteiger partial charge in [0.05, 0.1) is 32.5 Å².